The second kappa shape index (κ2) is 3.85. The molecule has 2 heterocycles. The lowest BCUT2D eigenvalue weighted by molar-refractivity contribution is -0.657. The van der Waals surface area contributed by atoms with E-state index in [4.69, 9.17) is 11.6 Å². The number of nitrogens with two attached hydrogens (primary N) is 2. The van der Waals surface area contributed by atoms with Gasteiger partial charge < -0.3 is 10.1 Å². The van der Waals surface area contributed by atoms with Gasteiger partial charge in [0.25, 0.3) is 0 Å². The molecule has 0 spiro atoms. The van der Waals surface area contributed by atoms with Gasteiger partial charge in [-0.2, -0.15) is 5.84 Å². The van der Waals surface area contributed by atoms with Crippen LogP contribution >= 0.6 is 0 Å². The van der Waals surface area contributed by atoms with Crippen molar-refractivity contribution in [3.63, 3.8) is 0 Å². The highest BCUT2D eigenvalue weighted by atomic mass is 16.5. The molecule has 5 N–H and O–H groups in total. The number of hydrazone groups is 1. The zero-order chi connectivity index (χ0) is 10.8. The lowest BCUT2D eigenvalue weighted by atomic mass is 10.1. The van der Waals surface area contributed by atoms with E-state index in [-0.39, 0.29) is 5.84 Å². The highest BCUT2D eigenvalue weighted by Crippen LogP contribution is 2.14. The summed E-state index contributed by atoms with van der Waals surface area (Å²) in [7, 11) is 0. The van der Waals surface area contributed by atoms with E-state index >= 15 is 0 Å². The van der Waals surface area contributed by atoms with Crippen molar-refractivity contribution in [1.82, 2.24) is 15.6 Å². The Kier molecular flexibility index (Phi) is 2.55. The molecule has 7 nitrogen and oxygen atoms in total. The molecule has 0 amide bonds. The summed E-state index contributed by atoms with van der Waals surface area (Å²) in [6.07, 6.45) is 5.18. The van der Waals surface area contributed by atoms with Crippen LogP contribution in [0.25, 0.3) is 0 Å². The maximum absolute atomic E-state index is 11.2. The summed E-state index contributed by atoms with van der Waals surface area (Å²) >= 11 is 0. The fourth-order valence-corrected chi connectivity index (χ4v) is 1.81. The Bertz CT molecular complexity index is 306. The average Bonchev–Trinajstić information content (AvgIpc) is 2.26. The third-order valence-electron chi connectivity index (χ3n) is 2.63. The molecule has 0 aromatic heterocycles. The Hall–Kier alpha value is -1.63. The monoisotopic (exact) mass is 212 g/mol. The fraction of sp³-hybridized carbons (Fsp3) is 0.625. The summed E-state index contributed by atoms with van der Waals surface area (Å²) in [5.41, 5.74) is 8.31. The lowest BCUT2D eigenvalue weighted by Crippen LogP contribution is -2.57. The maximum atomic E-state index is 11.2. The van der Waals surface area contributed by atoms with Crippen LogP contribution in [-0.2, 0) is 0 Å². The van der Waals surface area contributed by atoms with Crippen molar-refractivity contribution >= 4 is 5.84 Å². The van der Waals surface area contributed by atoms with Gasteiger partial charge in [-0.1, -0.05) is 5.23 Å². The number of likely N-dealkylation sites (tertiary alicyclic amines) is 1. The molecule has 2 aliphatic rings. The van der Waals surface area contributed by atoms with Crippen molar-refractivity contribution in [2.24, 2.45) is 11.6 Å². The van der Waals surface area contributed by atoms with Crippen LogP contribution in [0.5, 0.6) is 0 Å². The first-order chi connectivity index (χ1) is 7.18. The van der Waals surface area contributed by atoms with Crippen molar-refractivity contribution in [3.05, 3.63) is 17.1 Å². The molecule has 0 aromatic carbocycles. The van der Waals surface area contributed by atoms with Gasteiger partial charge in [0.1, 0.15) is 5.82 Å². The van der Waals surface area contributed by atoms with E-state index in [0.717, 1.165) is 37.0 Å². The molecule has 0 atom stereocenters. The van der Waals surface area contributed by atoms with Crippen molar-refractivity contribution in [1.29, 1.82) is 0 Å². The third kappa shape index (κ3) is 1.91. The predicted molar refractivity (Wildman–Crippen MR) is 55.5 cm³/mol. The Morgan fingerprint density at radius 3 is 2.60 bits per heavy atom. The van der Waals surface area contributed by atoms with Gasteiger partial charge in [0.2, 0.25) is 0 Å². The molecule has 2 rings (SSSR count). The molecule has 84 valence electrons. The van der Waals surface area contributed by atoms with Gasteiger partial charge in [0, 0.05) is 13.1 Å². The van der Waals surface area contributed by atoms with Crippen LogP contribution in [0.2, 0.25) is 0 Å². The zero-order valence-corrected chi connectivity index (χ0v) is 8.52. The number of nitrogens with zero attached hydrogens (tertiary/aromatic N) is 3. The molecule has 2 aliphatic heterocycles. The minimum Gasteiger partial charge on any atom is -0.690 e. The lowest BCUT2D eigenvalue weighted by Gasteiger charge is -2.35. The van der Waals surface area contributed by atoms with E-state index in [0.29, 0.717) is 4.85 Å². The predicted octanol–water partition coefficient (Wildman–Crippen LogP) is -1.21. The normalized spacial score (nSPS) is 22.6. The molecule has 15 heavy (non-hydrogen) atoms. The molecule has 0 saturated carbocycles. The van der Waals surface area contributed by atoms with Crippen LogP contribution in [-0.4, -0.2) is 33.9 Å². The molecule has 0 unspecified atom stereocenters. The first-order valence-electron chi connectivity index (χ1n) is 5.06. The molecule has 0 aliphatic carbocycles. The number of hydrogen-bond acceptors (Lipinski definition) is 6. The summed E-state index contributed by atoms with van der Waals surface area (Å²) in [5.74, 6) is 6.32. The van der Waals surface area contributed by atoms with Crippen LogP contribution in [0.15, 0.2) is 11.9 Å². The largest absolute Gasteiger partial charge is 0.690 e. The van der Waals surface area contributed by atoms with Gasteiger partial charge in [0.05, 0.1) is 6.08 Å². The Morgan fingerprint density at radius 2 is 2.00 bits per heavy atom. The molecule has 0 aromatic rings. The summed E-state index contributed by atoms with van der Waals surface area (Å²) < 4.78 is 0. The van der Waals surface area contributed by atoms with Gasteiger partial charge in [-0.25, -0.2) is 5.43 Å². The van der Waals surface area contributed by atoms with E-state index in [1.165, 1.54) is 6.42 Å². The van der Waals surface area contributed by atoms with E-state index in [2.05, 4.69) is 10.3 Å². The van der Waals surface area contributed by atoms with E-state index in [9.17, 15) is 5.21 Å². The van der Waals surface area contributed by atoms with Crippen LogP contribution in [0.3, 0.4) is 0 Å². The number of hydrogen-bond donors (Lipinski definition) is 3. The highest BCUT2D eigenvalue weighted by molar-refractivity contribution is 5.87. The quantitative estimate of drug-likeness (QED) is 0.287. The fourth-order valence-electron chi connectivity index (χ4n) is 1.81. The number of nitrogens with one attached hydrogen (secondary N) is 1. The van der Waals surface area contributed by atoms with E-state index in [1.54, 1.807) is 6.08 Å². The van der Waals surface area contributed by atoms with Crippen LogP contribution in [0.1, 0.15) is 19.3 Å². The topological polar surface area (TPSA) is 96.6 Å². The van der Waals surface area contributed by atoms with E-state index in [1.807, 2.05) is 0 Å². The Balaban J connectivity index is 2.13. The molecule has 1 fully saturated rings. The number of piperidine rings is 1. The molecule has 1 saturated heterocycles. The molecule has 7 heteroatoms. The second-order valence-electron chi connectivity index (χ2n) is 3.73. The molecule has 0 radical (unpaired) electrons. The molecular formula is C8H16N6O. The zero-order valence-electron chi connectivity index (χ0n) is 8.52. The standard InChI is InChI=1S/C8H16N6O/c9-7-6-8(11-14(10)13(7)15)12-4-2-1-3-5-12/h6,11H,1-5,9-10H2. The van der Waals surface area contributed by atoms with Crippen LogP contribution in [0.4, 0.5) is 0 Å². The summed E-state index contributed by atoms with van der Waals surface area (Å²) in [6.45, 7) is 1.94. The van der Waals surface area contributed by atoms with Gasteiger partial charge in [-0.3, -0.25) is 5.73 Å². The minimum atomic E-state index is 0.0943. The average molecular weight is 212 g/mol. The van der Waals surface area contributed by atoms with Crippen LogP contribution in [0, 0.1) is 5.21 Å². The van der Waals surface area contributed by atoms with Gasteiger partial charge >= 0.3 is 5.84 Å². The number of hydrazine groups is 3. The van der Waals surface area contributed by atoms with E-state index < -0.39 is 0 Å². The summed E-state index contributed by atoms with van der Waals surface area (Å²) in [5, 5.41) is 12.0. The minimum absolute atomic E-state index is 0.0943. The van der Waals surface area contributed by atoms with Gasteiger partial charge in [0.15, 0.2) is 0 Å². The number of amidine groups is 1. The highest BCUT2D eigenvalue weighted by Gasteiger charge is 2.21. The SMILES string of the molecule is NC1=[N+]([O-])N(N)NC(N2CCCCC2)=C1. The second-order valence-corrected chi connectivity index (χ2v) is 3.73. The first kappa shape index (κ1) is 9.91. The van der Waals surface area contributed by atoms with Gasteiger partial charge in [-0.05, 0) is 19.3 Å². The van der Waals surface area contributed by atoms with Gasteiger partial charge in [-0.15, -0.1) is 4.85 Å². The molecule has 0 bridgehead atoms. The molecular weight excluding hydrogens is 196 g/mol. The summed E-state index contributed by atoms with van der Waals surface area (Å²) in [4.78, 5) is 2.55. The number of rotatable bonds is 1. The Labute approximate surface area is 88.1 Å². The van der Waals surface area contributed by atoms with Crippen molar-refractivity contribution in [2.75, 3.05) is 13.1 Å². The smallest absolute Gasteiger partial charge is 0.301 e. The van der Waals surface area contributed by atoms with Crippen LogP contribution < -0.4 is 17.0 Å². The summed E-state index contributed by atoms with van der Waals surface area (Å²) in [6, 6.07) is 0. The van der Waals surface area contributed by atoms with Crippen molar-refractivity contribution < 1.29 is 4.85 Å². The first-order valence-corrected chi connectivity index (χ1v) is 5.06. The maximum Gasteiger partial charge on any atom is 0.301 e. The van der Waals surface area contributed by atoms with Crippen molar-refractivity contribution in [3.8, 4) is 0 Å². The third-order valence-corrected chi connectivity index (χ3v) is 2.63. The van der Waals surface area contributed by atoms with Crippen molar-refractivity contribution in [2.45, 2.75) is 19.3 Å². The Morgan fingerprint density at radius 1 is 1.33 bits per heavy atom.